The van der Waals surface area contributed by atoms with Crippen molar-refractivity contribution < 1.29 is 25.5 Å². The summed E-state index contributed by atoms with van der Waals surface area (Å²) in [6, 6.07) is 7.72. The number of aliphatic hydroxyl groups excluding tert-OH is 3. The van der Waals surface area contributed by atoms with Gasteiger partial charge in [-0.05, 0) is 12.1 Å². The summed E-state index contributed by atoms with van der Waals surface area (Å²) in [5.41, 5.74) is 6.36. The average molecular weight is 334 g/mol. The lowest BCUT2D eigenvalue weighted by Gasteiger charge is -2.47. The number of nitrogens with two attached hydrogens (primary N) is 1. The number of halogens is 1. The van der Waals surface area contributed by atoms with Crippen LogP contribution in [-0.4, -0.2) is 73.6 Å². The van der Waals surface area contributed by atoms with E-state index in [0.29, 0.717) is 5.69 Å². The maximum atomic E-state index is 9.88. The van der Waals surface area contributed by atoms with Gasteiger partial charge >= 0.3 is 0 Å². The first-order chi connectivity index (χ1) is 9.86. The largest absolute Gasteiger partial charge is 0.394 e. The van der Waals surface area contributed by atoms with Gasteiger partial charge in [0.15, 0.2) is 5.96 Å². The summed E-state index contributed by atoms with van der Waals surface area (Å²) < 4.78 is 0. The van der Waals surface area contributed by atoms with Gasteiger partial charge in [-0.2, -0.15) is 0 Å². The van der Waals surface area contributed by atoms with Crippen molar-refractivity contribution in [1.82, 2.24) is 4.90 Å². The predicted octanol–water partition coefficient (Wildman–Crippen LogP) is -1.87. The maximum absolute atomic E-state index is 9.88. The molecular weight excluding hydrogens is 314 g/mol. The van der Waals surface area contributed by atoms with Gasteiger partial charge in [0.25, 0.3) is 0 Å². The Balaban J connectivity index is 0.00000242. The molecular formula is C13H20ClN3O5. The quantitative estimate of drug-likeness (QED) is 0.211. The van der Waals surface area contributed by atoms with Crippen LogP contribution in [0.15, 0.2) is 35.3 Å². The second-order valence-electron chi connectivity index (χ2n) is 5.00. The van der Waals surface area contributed by atoms with E-state index < -0.39 is 37.2 Å². The molecule has 1 saturated heterocycles. The van der Waals surface area contributed by atoms with E-state index >= 15 is 0 Å². The number of aliphatic imine (C=N–C) groups is 1. The SMILES string of the molecule is Cl.NC(=Nc1ccccc1)N1CC(O)(O)[C@@H](O)[C@H](O)[C@@H]1CO. The van der Waals surface area contributed by atoms with Crippen LogP contribution < -0.4 is 5.73 Å². The number of benzene rings is 1. The fourth-order valence-electron chi connectivity index (χ4n) is 2.29. The van der Waals surface area contributed by atoms with Crippen molar-refractivity contribution in [2.24, 2.45) is 10.7 Å². The van der Waals surface area contributed by atoms with Crippen LogP contribution in [0.5, 0.6) is 0 Å². The van der Waals surface area contributed by atoms with Gasteiger partial charge in [0.05, 0.1) is 24.9 Å². The molecule has 0 spiro atoms. The highest BCUT2D eigenvalue weighted by molar-refractivity contribution is 5.85. The molecule has 0 amide bonds. The van der Waals surface area contributed by atoms with Crippen molar-refractivity contribution in [2.75, 3.05) is 13.2 Å². The van der Waals surface area contributed by atoms with Gasteiger partial charge in [-0.1, -0.05) is 18.2 Å². The van der Waals surface area contributed by atoms with E-state index in [4.69, 9.17) is 5.73 Å². The van der Waals surface area contributed by atoms with Crippen LogP contribution in [0.4, 0.5) is 5.69 Å². The van der Waals surface area contributed by atoms with Gasteiger partial charge in [-0.3, -0.25) is 0 Å². The molecule has 22 heavy (non-hydrogen) atoms. The number of piperidine rings is 1. The summed E-state index contributed by atoms with van der Waals surface area (Å²) in [6.07, 6.45) is -3.39. The first kappa shape index (κ1) is 18.6. The number of para-hydroxylation sites is 1. The predicted molar refractivity (Wildman–Crippen MR) is 81.7 cm³/mol. The minimum atomic E-state index is -2.55. The summed E-state index contributed by atoms with van der Waals surface area (Å²) in [4.78, 5) is 5.26. The highest BCUT2D eigenvalue weighted by Gasteiger charge is 2.50. The Bertz CT molecular complexity index is 514. The van der Waals surface area contributed by atoms with Gasteiger partial charge in [-0.25, -0.2) is 4.99 Å². The van der Waals surface area contributed by atoms with Crippen molar-refractivity contribution in [3.05, 3.63) is 30.3 Å². The molecule has 2 rings (SSSR count). The minimum Gasteiger partial charge on any atom is -0.394 e. The van der Waals surface area contributed by atoms with E-state index in [1.807, 2.05) is 0 Å². The third kappa shape index (κ3) is 3.67. The minimum absolute atomic E-state index is 0. The average Bonchev–Trinajstić information content (AvgIpc) is 2.45. The molecule has 1 aliphatic heterocycles. The zero-order valence-corrected chi connectivity index (χ0v) is 12.5. The van der Waals surface area contributed by atoms with Gasteiger partial charge in [0.2, 0.25) is 5.79 Å². The highest BCUT2D eigenvalue weighted by Crippen LogP contribution is 2.25. The summed E-state index contributed by atoms with van der Waals surface area (Å²) in [6.45, 7) is -1.02. The zero-order valence-electron chi connectivity index (χ0n) is 11.6. The smallest absolute Gasteiger partial charge is 0.210 e. The number of β-amino-alcohol motifs (C(OH)–C–C–N with tert-alkyl or cyclic N) is 2. The fraction of sp³-hybridized carbons (Fsp3) is 0.462. The molecule has 1 fully saturated rings. The zero-order chi connectivity index (χ0) is 15.6. The molecule has 7 N–H and O–H groups in total. The molecule has 124 valence electrons. The van der Waals surface area contributed by atoms with Crippen molar-refractivity contribution in [3.8, 4) is 0 Å². The maximum Gasteiger partial charge on any atom is 0.210 e. The van der Waals surface area contributed by atoms with Crippen molar-refractivity contribution >= 4 is 24.1 Å². The summed E-state index contributed by atoms with van der Waals surface area (Å²) in [5, 5.41) is 48.3. The molecule has 0 aliphatic carbocycles. The van der Waals surface area contributed by atoms with Crippen LogP contribution in [0.25, 0.3) is 0 Å². The molecule has 1 aliphatic rings. The van der Waals surface area contributed by atoms with Crippen LogP contribution in [0, 0.1) is 0 Å². The first-order valence-electron chi connectivity index (χ1n) is 6.44. The van der Waals surface area contributed by atoms with Crippen LogP contribution in [0.3, 0.4) is 0 Å². The first-order valence-corrected chi connectivity index (χ1v) is 6.44. The van der Waals surface area contributed by atoms with Crippen LogP contribution in [0.2, 0.25) is 0 Å². The van der Waals surface area contributed by atoms with Gasteiger partial charge in [0, 0.05) is 0 Å². The second kappa shape index (κ2) is 7.23. The molecule has 1 aromatic rings. The molecule has 3 atom stereocenters. The Morgan fingerprint density at radius 2 is 1.86 bits per heavy atom. The highest BCUT2D eigenvalue weighted by atomic mass is 35.5. The van der Waals surface area contributed by atoms with E-state index in [-0.39, 0.29) is 18.4 Å². The number of guanidine groups is 1. The third-order valence-electron chi connectivity index (χ3n) is 3.48. The fourth-order valence-corrected chi connectivity index (χ4v) is 2.29. The molecule has 1 aromatic carbocycles. The molecule has 9 heteroatoms. The second-order valence-corrected chi connectivity index (χ2v) is 5.00. The lowest BCUT2D eigenvalue weighted by Crippen LogP contribution is -2.70. The summed E-state index contributed by atoms with van der Waals surface area (Å²) in [5.74, 6) is -2.65. The Morgan fingerprint density at radius 1 is 1.27 bits per heavy atom. The summed E-state index contributed by atoms with van der Waals surface area (Å²) >= 11 is 0. The van der Waals surface area contributed by atoms with Crippen LogP contribution in [-0.2, 0) is 0 Å². The number of rotatable bonds is 2. The Hall–Kier alpha value is -1.42. The molecule has 1 heterocycles. The van der Waals surface area contributed by atoms with Crippen molar-refractivity contribution in [1.29, 1.82) is 0 Å². The molecule has 0 bridgehead atoms. The third-order valence-corrected chi connectivity index (χ3v) is 3.48. The normalized spacial score (nSPS) is 28.1. The van der Waals surface area contributed by atoms with Gasteiger partial charge in [0.1, 0.15) is 12.2 Å². The monoisotopic (exact) mass is 333 g/mol. The van der Waals surface area contributed by atoms with E-state index in [1.54, 1.807) is 30.3 Å². The van der Waals surface area contributed by atoms with E-state index in [9.17, 15) is 25.5 Å². The Kier molecular flexibility index (Phi) is 6.12. The lowest BCUT2D eigenvalue weighted by atomic mass is 9.92. The van der Waals surface area contributed by atoms with Crippen molar-refractivity contribution in [2.45, 2.75) is 24.0 Å². The number of hydrogen-bond acceptors (Lipinski definition) is 6. The standard InChI is InChI=1S/C13H19N3O5.ClH/c14-12(15-8-4-2-1-3-5-8)16-7-13(20,21)11(19)10(18)9(16)6-17;/h1-5,9-11,17-21H,6-7H2,(H2,14,15);1H/t9-,10+,11-;/m0./s1. The van der Waals surface area contributed by atoms with E-state index in [0.717, 1.165) is 4.90 Å². The number of likely N-dealkylation sites (tertiary alicyclic amines) is 1. The molecule has 8 nitrogen and oxygen atoms in total. The number of hydrogen-bond donors (Lipinski definition) is 6. The molecule has 0 saturated carbocycles. The summed E-state index contributed by atoms with van der Waals surface area (Å²) in [7, 11) is 0. The topological polar surface area (TPSA) is 143 Å². The Labute approximate surface area is 133 Å². The molecule has 0 radical (unpaired) electrons. The number of nitrogens with zero attached hydrogens (tertiary/aromatic N) is 2. The molecule has 0 unspecified atom stereocenters. The van der Waals surface area contributed by atoms with E-state index in [1.165, 1.54) is 0 Å². The van der Waals surface area contributed by atoms with Gasteiger partial charge in [-0.15, -0.1) is 12.4 Å². The Morgan fingerprint density at radius 3 is 2.41 bits per heavy atom. The van der Waals surface area contributed by atoms with Gasteiger partial charge < -0.3 is 36.2 Å². The lowest BCUT2D eigenvalue weighted by molar-refractivity contribution is -0.280. The number of aliphatic hydroxyl groups is 5. The van der Waals surface area contributed by atoms with Crippen LogP contribution in [0.1, 0.15) is 0 Å². The van der Waals surface area contributed by atoms with Crippen molar-refractivity contribution in [3.63, 3.8) is 0 Å². The van der Waals surface area contributed by atoms with Crippen LogP contribution >= 0.6 is 12.4 Å². The molecule has 0 aromatic heterocycles. The van der Waals surface area contributed by atoms with E-state index in [2.05, 4.69) is 4.99 Å².